The molecule has 3 aromatic rings. The molecule has 0 saturated carbocycles. The van der Waals surface area contributed by atoms with Crippen molar-refractivity contribution in [1.82, 2.24) is 4.90 Å². The molecule has 2 bridgehead atoms. The first-order valence-corrected chi connectivity index (χ1v) is 16.9. The number of aliphatic carboxylic acids is 1. The lowest BCUT2D eigenvalue weighted by Crippen LogP contribution is -3.00. The molecule has 6 aliphatic rings. The number of nitrogens with one attached hydrogen (secondary N) is 1. The Morgan fingerprint density at radius 3 is 2.14 bits per heavy atom. The summed E-state index contributed by atoms with van der Waals surface area (Å²) in [6, 6.07) is 20.8. The third kappa shape index (κ3) is 5.54. The minimum Gasteiger partial charge on any atom is -1.00 e. The van der Waals surface area contributed by atoms with E-state index in [2.05, 4.69) is 11.4 Å². The van der Waals surface area contributed by atoms with Crippen LogP contribution in [0.5, 0.6) is 0 Å². The Morgan fingerprint density at radius 1 is 0.860 bits per heavy atom. The molecule has 262 valence electrons. The van der Waals surface area contributed by atoms with E-state index < -0.39 is 24.0 Å². The highest BCUT2D eigenvalue weighted by molar-refractivity contribution is 6.22. The quantitative estimate of drug-likeness (QED) is 0.135. The molecule has 0 spiro atoms. The largest absolute Gasteiger partial charge is 1.00 e. The van der Waals surface area contributed by atoms with Crippen LogP contribution in [0.15, 0.2) is 72.4 Å². The number of para-hydroxylation sites is 1. The van der Waals surface area contributed by atoms with Crippen molar-refractivity contribution in [2.75, 3.05) is 51.1 Å². The molecule has 4 saturated heterocycles. The molecule has 3 N–H and O–H groups in total. The van der Waals surface area contributed by atoms with Gasteiger partial charge in [0.25, 0.3) is 5.91 Å². The molecule has 4 fully saturated rings. The van der Waals surface area contributed by atoms with Crippen molar-refractivity contribution in [3.63, 3.8) is 0 Å². The number of quaternary nitrogens is 2. The van der Waals surface area contributed by atoms with Crippen molar-refractivity contribution in [3.8, 4) is 11.1 Å². The Morgan fingerprint density at radius 2 is 1.50 bits per heavy atom. The second-order valence-electron chi connectivity index (χ2n) is 14.5. The highest BCUT2D eigenvalue weighted by atomic mass is 35.5. The van der Waals surface area contributed by atoms with E-state index in [-0.39, 0.29) is 54.0 Å². The number of piperazine rings is 3. The van der Waals surface area contributed by atoms with Crippen molar-refractivity contribution in [1.29, 1.82) is 0 Å². The van der Waals surface area contributed by atoms with E-state index in [1.165, 1.54) is 4.90 Å². The third-order valence-corrected chi connectivity index (χ3v) is 11.8. The maximum absolute atomic E-state index is 13.7. The van der Waals surface area contributed by atoms with E-state index in [1.54, 1.807) is 19.1 Å². The van der Waals surface area contributed by atoms with Gasteiger partial charge in [0.05, 0.1) is 18.1 Å². The molecule has 12 heteroatoms. The Balaban J connectivity index is 0.00000216. The zero-order valence-corrected chi connectivity index (χ0v) is 29.5. The smallest absolute Gasteiger partial charge is 0.352 e. The number of carboxylic acids is 1. The lowest BCUT2D eigenvalue weighted by molar-refractivity contribution is -1.08. The number of carboxylic acid groups (broad SMARTS) is 1. The lowest BCUT2D eigenvalue weighted by atomic mass is 9.76. The van der Waals surface area contributed by atoms with Crippen molar-refractivity contribution in [3.05, 3.63) is 94.7 Å². The fraction of sp³-hybridized carbons (Fsp3) is 0.368. The standard InChI is InChI=1S/C38H38N4O6.2ClH/c1-22-32(35(38(47)48)40-34(22)33(23(2)43)37(40)46)25-9-11-28-29(19-25)27-10-8-24(18-30(27)36(28)45)20-41-12-15-42(16-13-41,17-14-41)21-31(44)39-26-6-4-3-5-7-26;;/h3-11,18-19,22-23,33-34,43H,12-17,20-21H2,1-2H3;2*1H/t22-,23+,33+,34+,41?,42?;;/m0../s1. The van der Waals surface area contributed by atoms with Crippen molar-refractivity contribution in [2.45, 2.75) is 32.5 Å². The maximum Gasteiger partial charge on any atom is 0.352 e. The number of aliphatic hydroxyl groups is 1. The Hall–Kier alpha value is -4.06. The van der Waals surface area contributed by atoms with Crippen molar-refractivity contribution < 1.29 is 63.2 Å². The Bertz CT molecular complexity index is 1920. The van der Waals surface area contributed by atoms with Crippen LogP contribution in [0.25, 0.3) is 16.7 Å². The van der Waals surface area contributed by atoms with Crippen molar-refractivity contribution >= 4 is 34.8 Å². The predicted octanol–water partition coefficient (Wildman–Crippen LogP) is -2.64. The van der Waals surface area contributed by atoms with Gasteiger partial charge in [0.15, 0.2) is 12.3 Å². The van der Waals surface area contributed by atoms with Gasteiger partial charge in [-0.1, -0.05) is 43.3 Å². The van der Waals surface area contributed by atoms with Crippen LogP contribution in [0.4, 0.5) is 5.69 Å². The van der Waals surface area contributed by atoms with Crippen LogP contribution in [0.3, 0.4) is 0 Å². The number of ketones is 1. The van der Waals surface area contributed by atoms with Crippen LogP contribution in [-0.4, -0.2) is 106 Å². The first kappa shape index (κ1) is 35.8. The maximum atomic E-state index is 13.7. The number of benzene rings is 3. The molecule has 0 unspecified atom stereocenters. The summed E-state index contributed by atoms with van der Waals surface area (Å²) in [6.07, 6.45) is -0.872. The molecule has 1 aliphatic carbocycles. The number of hydrogen-bond donors (Lipinski definition) is 3. The number of fused-ring (bicyclic) bond motifs is 7. The number of nitrogens with zero attached hydrogens (tertiary/aromatic N) is 3. The van der Waals surface area contributed by atoms with Gasteiger partial charge in [0, 0.05) is 28.3 Å². The minimum absolute atomic E-state index is 0. The Kier molecular flexibility index (Phi) is 9.24. The van der Waals surface area contributed by atoms with Gasteiger partial charge in [0.2, 0.25) is 5.91 Å². The van der Waals surface area contributed by atoms with E-state index in [0.717, 1.165) is 77.2 Å². The lowest BCUT2D eigenvalue weighted by Gasteiger charge is -2.55. The zero-order chi connectivity index (χ0) is 33.5. The highest BCUT2D eigenvalue weighted by Crippen LogP contribution is 2.51. The first-order chi connectivity index (χ1) is 23.0. The second-order valence-corrected chi connectivity index (χ2v) is 14.5. The molecule has 5 heterocycles. The summed E-state index contributed by atoms with van der Waals surface area (Å²) in [5.41, 5.74) is 6.00. The third-order valence-electron chi connectivity index (χ3n) is 11.8. The monoisotopic (exact) mass is 718 g/mol. The minimum atomic E-state index is -1.17. The number of aliphatic hydroxyl groups excluding tert-OH is 1. The van der Waals surface area contributed by atoms with Gasteiger partial charge in [-0.25, -0.2) is 4.79 Å². The SMILES string of the molecule is C[C@@H](O)[C@H]1C(=O)N2C(C(=O)O)=C(c3ccc4c(c3)-c3ccc(C[N+]56CC[N+](CC(=O)Nc7ccccc7)(CC5)CC6)cc3C4=O)[C@H](C)[C@H]12.[Cl-].[Cl-]. The van der Waals surface area contributed by atoms with Crippen LogP contribution in [0, 0.1) is 11.8 Å². The Labute approximate surface area is 303 Å². The van der Waals surface area contributed by atoms with E-state index in [1.807, 2.05) is 55.5 Å². The summed E-state index contributed by atoms with van der Waals surface area (Å²) < 4.78 is 1.78. The second kappa shape index (κ2) is 12.9. The van der Waals surface area contributed by atoms with Gasteiger partial charge in [-0.05, 0) is 59.5 Å². The highest BCUT2D eigenvalue weighted by Gasteiger charge is 2.60. The normalized spacial score (nSPS) is 27.7. The first-order valence-electron chi connectivity index (χ1n) is 16.9. The van der Waals surface area contributed by atoms with E-state index >= 15 is 0 Å². The van der Waals surface area contributed by atoms with Crippen LogP contribution in [0.2, 0.25) is 0 Å². The fourth-order valence-electron chi connectivity index (χ4n) is 9.17. The van der Waals surface area contributed by atoms with Crippen LogP contribution in [-0.2, 0) is 20.9 Å². The average molecular weight is 720 g/mol. The molecule has 3 aromatic carbocycles. The predicted molar refractivity (Wildman–Crippen MR) is 178 cm³/mol. The van der Waals surface area contributed by atoms with E-state index in [0.29, 0.717) is 28.8 Å². The average Bonchev–Trinajstić information content (AvgIpc) is 3.49. The number of hydrogen-bond acceptors (Lipinski definition) is 5. The summed E-state index contributed by atoms with van der Waals surface area (Å²) in [5, 5.41) is 23.4. The molecule has 2 amide bonds. The van der Waals surface area contributed by atoms with Gasteiger partial charge < -0.3 is 54.2 Å². The summed E-state index contributed by atoms with van der Waals surface area (Å²) in [7, 11) is 0. The van der Waals surface area contributed by atoms with Crippen LogP contribution < -0.4 is 30.1 Å². The molecular weight excluding hydrogens is 679 g/mol. The molecule has 9 rings (SSSR count). The van der Waals surface area contributed by atoms with Crippen LogP contribution >= 0.6 is 0 Å². The summed E-state index contributed by atoms with van der Waals surface area (Å²) in [6.45, 7) is 10.6. The fourth-order valence-corrected chi connectivity index (χ4v) is 9.17. The zero-order valence-electron chi connectivity index (χ0n) is 27.9. The molecule has 10 nitrogen and oxygen atoms in total. The van der Waals surface area contributed by atoms with Crippen molar-refractivity contribution in [2.24, 2.45) is 11.8 Å². The summed E-state index contributed by atoms with van der Waals surface area (Å²) in [4.78, 5) is 53.2. The van der Waals surface area contributed by atoms with Gasteiger partial charge >= 0.3 is 5.97 Å². The molecule has 0 radical (unpaired) electrons. The summed E-state index contributed by atoms with van der Waals surface area (Å²) in [5.74, 6) is -2.44. The van der Waals surface area contributed by atoms with Gasteiger partial charge in [-0.3, -0.25) is 14.4 Å². The number of β-lactam (4-membered cyclic amide) rings is 1. The number of rotatable bonds is 8. The van der Waals surface area contributed by atoms with Crippen LogP contribution in [0.1, 0.15) is 40.9 Å². The number of carbonyl (C=O) groups excluding carboxylic acids is 3. The number of carbonyl (C=O) groups is 4. The molecule has 0 aromatic heterocycles. The molecule has 50 heavy (non-hydrogen) atoms. The number of anilines is 1. The number of halogens is 2. The molecule has 5 aliphatic heterocycles. The van der Waals surface area contributed by atoms with Gasteiger partial charge in [-0.2, -0.15) is 0 Å². The molecule has 4 atom stereocenters. The summed E-state index contributed by atoms with van der Waals surface area (Å²) >= 11 is 0. The van der Waals surface area contributed by atoms with Gasteiger partial charge in [-0.15, -0.1) is 0 Å². The molecular formula is C38H40Cl2N4O6. The number of amides is 2. The van der Waals surface area contributed by atoms with Gasteiger partial charge in [0.1, 0.15) is 51.5 Å². The van der Waals surface area contributed by atoms with E-state index in [4.69, 9.17) is 0 Å². The van der Waals surface area contributed by atoms with E-state index in [9.17, 15) is 29.4 Å². The topological polar surface area (TPSA) is 124 Å².